The Morgan fingerprint density at radius 3 is 1.81 bits per heavy atom. The lowest BCUT2D eigenvalue weighted by atomic mass is 9.83. The van der Waals surface area contributed by atoms with Gasteiger partial charge in [-0.2, -0.15) is 13.2 Å². The van der Waals surface area contributed by atoms with E-state index < -0.39 is 11.7 Å². The maximum Gasteiger partial charge on any atom is 0.416 e. The van der Waals surface area contributed by atoms with E-state index in [1.165, 1.54) is 129 Å². The first-order chi connectivity index (χ1) is 29.8. The van der Waals surface area contributed by atoms with Crippen molar-refractivity contribution in [3.05, 3.63) is 124 Å². The molecule has 1 atom stereocenters. The fourth-order valence-electron chi connectivity index (χ4n) is 11.0. The van der Waals surface area contributed by atoms with E-state index in [2.05, 4.69) is 57.9 Å². The number of anilines is 2. The quantitative estimate of drug-likeness (QED) is 0.168. The number of benzene rings is 4. The molecule has 0 spiro atoms. The number of nitrogens with one attached hydrogen (secondary N) is 2. The molecule has 3 aliphatic carbocycles. The minimum absolute atomic E-state index is 0. The number of aromatic nitrogens is 2. The average molecular weight is 938 g/mol. The highest BCUT2D eigenvalue weighted by atomic mass is 35.5. The monoisotopic (exact) mass is 936 g/mol. The summed E-state index contributed by atoms with van der Waals surface area (Å²) in [4.78, 5) is 0. The molecular formula is C53H66Cl3F3N4O. The van der Waals surface area contributed by atoms with Gasteiger partial charge in [0.2, 0.25) is 0 Å². The Morgan fingerprint density at radius 2 is 1.23 bits per heavy atom. The van der Waals surface area contributed by atoms with E-state index in [1.54, 1.807) is 33.5 Å². The van der Waals surface area contributed by atoms with Crippen molar-refractivity contribution in [2.75, 3.05) is 23.7 Å². The van der Waals surface area contributed by atoms with Crippen LogP contribution in [-0.4, -0.2) is 22.2 Å². The lowest BCUT2D eigenvalue weighted by Gasteiger charge is -2.25. The maximum absolute atomic E-state index is 12.6. The summed E-state index contributed by atoms with van der Waals surface area (Å²) in [6.07, 6.45) is 16.1. The van der Waals surface area contributed by atoms with Gasteiger partial charge in [0.1, 0.15) is 11.9 Å². The molecule has 5 aliphatic rings. The normalized spacial score (nSPS) is 16.6. The maximum atomic E-state index is 12.6. The van der Waals surface area contributed by atoms with Crippen LogP contribution in [0, 0.1) is 6.92 Å². The van der Waals surface area contributed by atoms with E-state index in [-0.39, 0.29) is 43.3 Å². The van der Waals surface area contributed by atoms with Crippen molar-refractivity contribution >= 4 is 70.4 Å². The van der Waals surface area contributed by atoms with E-state index in [0.717, 1.165) is 69.1 Å². The molecule has 64 heavy (non-hydrogen) atoms. The molecule has 5 nitrogen and oxygen atoms in total. The Hall–Kier alpha value is -3.98. The minimum atomic E-state index is -4.32. The summed E-state index contributed by atoms with van der Waals surface area (Å²) in [6.45, 7) is 8.77. The van der Waals surface area contributed by atoms with Crippen LogP contribution >= 0.6 is 37.2 Å². The van der Waals surface area contributed by atoms with Crippen molar-refractivity contribution in [2.24, 2.45) is 0 Å². The van der Waals surface area contributed by atoms with Gasteiger partial charge in [-0.3, -0.25) is 0 Å². The highest BCUT2D eigenvalue weighted by Crippen LogP contribution is 2.43. The molecule has 1 unspecified atom stereocenters. The van der Waals surface area contributed by atoms with Crippen LogP contribution in [0.5, 0.6) is 5.75 Å². The molecule has 0 amide bonds. The predicted octanol–water partition coefficient (Wildman–Crippen LogP) is 15.5. The van der Waals surface area contributed by atoms with Crippen LogP contribution < -0.4 is 15.4 Å². The summed E-state index contributed by atoms with van der Waals surface area (Å²) in [6, 6.07) is 24.4. The zero-order chi connectivity index (χ0) is 41.9. The predicted molar refractivity (Wildman–Crippen MR) is 267 cm³/mol. The highest BCUT2D eigenvalue weighted by Gasteiger charge is 2.31. The van der Waals surface area contributed by atoms with Crippen LogP contribution in [0.25, 0.3) is 21.8 Å². The SMILES string of the molecule is CCCCC(Oc1ccc(C(F)(F)F)cc1)c1ccccc1.Cc1cc2c3c(c1)c1c(n3CCN2)CCCC1.Cl.Cl.Cl.c1c(C2CCCCC2)cc2c3c(n4c2c1NCC4)CCCC3. The van der Waals surface area contributed by atoms with Crippen molar-refractivity contribution in [2.45, 2.75) is 148 Å². The van der Waals surface area contributed by atoms with Crippen LogP contribution in [0.3, 0.4) is 0 Å². The number of hydrogen-bond acceptors (Lipinski definition) is 3. The molecule has 11 rings (SSSR count). The van der Waals surface area contributed by atoms with E-state index in [1.807, 2.05) is 30.3 Å². The molecule has 6 aromatic rings. The zero-order valence-corrected chi connectivity index (χ0v) is 39.9. The number of fused-ring (bicyclic) bond motifs is 6. The molecular weight excluding hydrogens is 872 g/mol. The third kappa shape index (κ3) is 10.5. The number of ether oxygens (including phenoxy) is 1. The Balaban J connectivity index is 0.000000157. The molecule has 0 bridgehead atoms. The van der Waals surface area contributed by atoms with Crippen LogP contribution in [0.15, 0.2) is 78.9 Å². The molecule has 1 fully saturated rings. The van der Waals surface area contributed by atoms with Crippen molar-refractivity contribution in [3.63, 3.8) is 0 Å². The van der Waals surface area contributed by atoms with Gasteiger partial charge < -0.3 is 24.5 Å². The number of hydrogen-bond donors (Lipinski definition) is 2. The third-order valence-corrected chi connectivity index (χ3v) is 13.9. The van der Waals surface area contributed by atoms with Crippen molar-refractivity contribution in [1.82, 2.24) is 9.13 Å². The van der Waals surface area contributed by atoms with Crippen LogP contribution in [0.2, 0.25) is 0 Å². The first-order valence-corrected chi connectivity index (χ1v) is 23.5. The molecule has 0 saturated heterocycles. The fraction of sp³-hybridized carbons (Fsp3) is 0.472. The van der Waals surface area contributed by atoms with Gasteiger partial charge in [0.25, 0.3) is 0 Å². The number of aryl methyl sites for hydroxylation is 3. The van der Waals surface area contributed by atoms with Crippen molar-refractivity contribution in [3.8, 4) is 5.75 Å². The minimum Gasteiger partial charge on any atom is -0.486 e. The number of halogens is 6. The lowest BCUT2D eigenvalue weighted by Crippen LogP contribution is -2.19. The Morgan fingerprint density at radius 1 is 0.672 bits per heavy atom. The molecule has 4 heterocycles. The second-order valence-corrected chi connectivity index (χ2v) is 18.1. The topological polar surface area (TPSA) is 43.1 Å². The molecule has 1 saturated carbocycles. The Labute approximate surface area is 396 Å². The van der Waals surface area contributed by atoms with E-state index in [4.69, 9.17) is 4.74 Å². The molecule has 2 aromatic heterocycles. The average Bonchev–Trinajstić information content (AvgIpc) is 3.80. The molecule has 2 N–H and O–H groups in total. The number of alkyl halides is 3. The van der Waals surface area contributed by atoms with Gasteiger partial charge >= 0.3 is 6.18 Å². The first-order valence-electron chi connectivity index (χ1n) is 23.5. The fourth-order valence-corrected chi connectivity index (χ4v) is 11.0. The second-order valence-electron chi connectivity index (χ2n) is 18.1. The van der Waals surface area contributed by atoms with Gasteiger partial charge in [-0.05, 0) is 166 Å². The van der Waals surface area contributed by atoms with Gasteiger partial charge in [-0.15, -0.1) is 37.2 Å². The van der Waals surface area contributed by atoms with E-state index >= 15 is 0 Å². The first kappa shape index (κ1) is 49.5. The zero-order valence-electron chi connectivity index (χ0n) is 37.5. The van der Waals surface area contributed by atoms with Crippen molar-refractivity contribution in [1.29, 1.82) is 0 Å². The van der Waals surface area contributed by atoms with Crippen LogP contribution in [0.4, 0.5) is 24.5 Å². The van der Waals surface area contributed by atoms with Gasteiger partial charge in [0.15, 0.2) is 0 Å². The molecule has 0 radical (unpaired) electrons. The summed E-state index contributed by atoms with van der Waals surface area (Å²) in [5, 5.41) is 10.3. The standard InChI is InChI=1S/C20H26N2.C18H19F3O.C15H18N2.3ClH/c1-2-6-14(7-3-1)15-12-17-16-8-4-5-9-19(16)22-11-10-21-18(13-15)20(17)22;1-2-3-9-17(14-7-5-4-6-8-14)22-16-12-10-15(11-13-16)18(19,20)21;1-10-8-12-11-4-2-3-5-14(11)17-7-6-16-13(9-10)15(12)17;;;/h12-14,21H,1-11H2;4-8,10-13,17H,2-3,9H2,1H3;8-9,16H,2-7H2,1H3;3*1H. The van der Waals surface area contributed by atoms with E-state index in [9.17, 15) is 13.2 Å². The third-order valence-electron chi connectivity index (χ3n) is 13.9. The number of unbranched alkanes of at least 4 members (excludes halogenated alkanes) is 1. The van der Waals surface area contributed by atoms with Gasteiger partial charge in [0, 0.05) is 48.3 Å². The second kappa shape index (κ2) is 22.0. The summed E-state index contributed by atoms with van der Waals surface area (Å²) in [5.41, 5.74) is 15.7. The van der Waals surface area contributed by atoms with Gasteiger partial charge in [0.05, 0.1) is 28.0 Å². The molecule has 2 aliphatic heterocycles. The smallest absolute Gasteiger partial charge is 0.416 e. The summed E-state index contributed by atoms with van der Waals surface area (Å²) >= 11 is 0. The lowest BCUT2D eigenvalue weighted by molar-refractivity contribution is -0.137. The number of nitrogens with zero attached hydrogens (tertiary/aromatic N) is 2. The summed E-state index contributed by atoms with van der Waals surface area (Å²) < 4.78 is 48.8. The Kier molecular flexibility index (Phi) is 17.0. The van der Waals surface area contributed by atoms with E-state index in [0.29, 0.717) is 5.75 Å². The Bertz CT molecular complexity index is 2460. The van der Waals surface area contributed by atoms with Crippen molar-refractivity contribution < 1.29 is 17.9 Å². The summed E-state index contributed by atoms with van der Waals surface area (Å²) in [7, 11) is 0. The highest BCUT2D eigenvalue weighted by molar-refractivity contribution is 5.98. The summed E-state index contributed by atoms with van der Waals surface area (Å²) in [5.74, 6) is 1.26. The largest absolute Gasteiger partial charge is 0.486 e. The van der Waals surface area contributed by atoms with Crippen LogP contribution in [0.1, 0.15) is 141 Å². The number of rotatable bonds is 7. The van der Waals surface area contributed by atoms with Gasteiger partial charge in [-0.25, -0.2) is 0 Å². The van der Waals surface area contributed by atoms with Crippen LogP contribution in [-0.2, 0) is 44.9 Å². The molecule has 11 heteroatoms. The molecule has 346 valence electrons. The molecule has 4 aromatic carbocycles. The van der Waals surface area contributed by atoms with Gasteiger partial charge in [-0.1, -0.05) is 62.9 Å².